The van der Waals surface area contributed by atoms with E-state index in [4.69, 9.17) is 7.56 Å². The van der Waals surface area contributed by atoms with Crippen LogP contribution in [0.3, 0.4) is 0 Å². The first-order valence-electron chi connectivity index (χ1n) is 0.408. The van der Waals surface area contributed by atoms with Crippen molar-refractivity contribution in [2.45, 2.75) is 0 Å². The molecule has 0 radical (unpaired) electrons. The van der Waals surface area contributed by atoms with E-state index in [1.807, 2.05) is 0 Å². The van der Waals surface area contributed by atoms with Gasteiger partial charge in [0.2, 0.25) is 0 Å². The predicted octanol–water partition coefficient (Wildman–Crippen LogP) is -1.80. The van der Waals surface area contributed by atoms with Crippen LogP contribution in [0.15, 0.2) is 0 Å². The van der Waals surface area contributed by atoms with Gasteiger partial charge < -0.3 is 0 Å². The topological polar surface area (TPSA) is 34.1 Å². The molecule has 0 rings (SSSR count). The van der Waals surface area contributed by atoms with Crippen LogP contribution in [0.25, 0.3) is 0 Å². The standard InChI is InChI=1S/Al.GeO2.3H/c;2-1-3;;;. The average molecular weight is 135 g/mol. The molecular formula is H3AlGeO2. The minimum absolute atomic E-state index is 0. The summed E-state index contributed by atoms with van der Waals surface area (Å²) in [7, 11) is 0. The summed E-state index contributed by atoms with van der Waals surface area (Å²) in [5.74, 6) is 0. The molecule has 0 atom stereocenters. The average Bonchev–Trinajstić information content (AvgIpc) is 0.918. The molecule has 0 aliphatic heterocycles. The predicted molar refractivity (Wildman–Crippen MR) is 17.1 cm³/mol. The molecule has 0 unspecified atom stereocenters. The van der Waals surface area contributed by atoms with Crippen LogP contribution in [0.1, 0.15) is 0 Å². The Morgan fingerprint density at radius 3 is 1.25 bits per heavy atom. The second-order valence-electron chi connectivity index (χ2n) is 0.0833. The fourth-order valence-corrected chi connectivity index (χ4v) is 0. The SMILES string of the molecule is [AlH3].[O]=[Ge]=[O]. The summed E-state index contributed by atoms with van der Waals surface area (Å²) in [6.45, 7) is 0. The van der Waals surface area contributed by atoms with Crippen molar-refractivity contribution in [2.75, 3.05) is 0 Å². The summed E-state index contributed by atoms with van der Waals surface area (Å²) < 4.78 is 17.0. The maximum absolute atomic E-state index is 8.50. The number of hydrogen-bond acceptors (Lipinski definition) is 2. The van der Waals surface area contributed by atoms with Gasteiger partial charge in [0.05, 0.1) is 0 Å². The molecule has 0 aliphatic rings. The monoisotopic (exact) mass is 136 g/mol. The van der Waals surface area contributed by atoms with Gasteiger partial charge >= 0.3 is 22.9 Å². The van der Waals surface area contributed by atoms with E-state index in [0.717, 1.165) is 0 Å². The molecule has 0 amide bonds. The van der Waals surface area contributed by atoms with Crippen molar-refractivity contribution in [3.05, 3.63) is 0 Å². The third-order valence-corrected chi connectivity index (χ3v) is 0. The Morgan fingerprint density at radius 1 is 1.25 bits per heavy atom. The zero-order valence-electron chi connectivity index (χ0n) is 1.32. The van der Waals surface area contributed by atoms with Crippen molar-refractivity contribution in [1.29, 1.82) is 0 Å². The Morgan fingerprint density at radius 2 is 1.25 bits per heavy atom. The normalized spacial score (nSPS) is 2.00. The minimum atomic E-state index is -2.00. The Bertz CT molecular complexity index is 27.0. The third-order valence-electron chi connectivity index (χ3n) is 0. The maximum atomic E-state index is 8.50. The van der Waals surface area contributed by atoms with Crippen molar-refractivity contribution < 1.29 is 7.56 Å². The molecule has 0 aromatic heterocycles. The van der Waals surface area contributed by atoms with Crippen molar-refractivity contribution in [3.8, 4) is 0 Å². The van der Waals surface area contributed by atoms with Gasteiger partial charge in [-0.25, -0.2) is 0 Å². The molecule has 0 aromatic rings. The van der Waals surface area contributed by atoms with Gasteiger partial charge in [0.15, 0.2) is 17.4 Å². The van der Waals surface area contributed by atoms with Crippen LogP contribution < -0.4 is 0 Å². The Labute approximate surface area is 40.6 Å². The van der Waals surface area contributed by atoms with Crippen LogP contribution in [-0.4, -0.2) is 32.7 Å². The van der Waals surface area contributed by atoms with Crippen molar-refractivity contribution in [1.82, 2.24) is 0 Å². The first-order valence-corrected chi connectivity index (χ1v) is 2.12. The van der Waals surface area contributed by atoms with E-state index in [-0.39, 0.29) is 17.4 Å². The second kappa shape index (κ2) is 9.37. The van der Waals surface area contributed by atoms with E-state index in [2.05, 4.69) is 0 Å². The fourth-order valence-electron chi connectivity index (χ4n) is 0. The van der Waals surface area contributed by atoms with Gasteiger partial charge in [-0.15, -0.1) is 0 Å². The molecule has 0 bridgehead atoms. The molecule has 22 valence electrons. The van der Waals surface area contributed by atoms with Gasteiger partial charge in [-0.2, -0.15) is 0 Å². The molecule has 0 saturated carbocycles. The molecule has 0 fully saturated rings. The Hall–Kier alpha value is 0.675. The summed E-state index contributed by atoms with van der Waals surface area (Å²) in [5, 5.41) is 0. The van der Waals surface area contributed by atoms with Gasteiger partial charge in [-0.1, -0.05) is 0 Å². The third kappa shape index (κ3) is 16.5. The van der Waals surface area contributed by atoms with E-state index in [1.54, 1.807) is 0 Å². The molecule has 4 heavy (non-hydrogen) atoms. The first kappa shape index (κ1) is 8.82. The molecule has 0 spiro atoms. The van der Waals surface area contributed by atoms with Crippen molar-refractivity contribution in [2.24, 2.45) is 0 Å². The summed E-state index contributed by atoms with van der Waals surface area (Å²) in [5.41, 5.74) is 0. The van der Waals surface area contributed by atoms with E-state index >= 15 is 0 Å². The van der Waals surface area contributed by atoms with Gasteiger partial charge in [-0.05, 0) is 0 Å². The van der Waals surface area contributed by atoms with Crippen molar-refractivity contribution in [3.63, 3.8) is 0 Å². The fraction of sp³-hybridized carbons (Fsp3) is 0. The van der Waals surface area contributed by atoms with E-state index < -0.39 is 15.3 Å². The van der Waals surface area contributed by atoms with Crippen LogP contribution in [-0.2, 0) is 7.56 Å². The molecule has 0 saturated heterocycles. The number of rotatable bonds is 0. The summed E-state index contributed by atoms with van der Waals surface area (Å²) in [6.07, 6.45) is 0. The molecule has 2 nitrogen and oxygen atoms in total. The van der Waals surface area contributed by atoms with Crippen LogP contribution in [0.5, 0.6) is 0 Å². The van der Waals surface area contributed by atoms with E-state index in [1.165, 1.54) is 0 Å². The quantitative estimate of drug-likeness (QED) is 0.367. The molecule has 0 aromatic carbocycles. The van der Waals surface area contributed by atoms with Crippen LogP contribution >= 0.6 is 0 Å². The van der Waals surface area contributed by atoms with E-state index in [0.29, 0.717) is 0 Å². The zero-order valence-corrected chi connectivity index (χ0v) is 3.41. The molecule has 0 N–H and O–H groups in total. The van der Waals surface area contributed by atoms with Crippen molar-refractivity contribution >= 4 is 32.7 Å². The molecule has 0 aliphatic carbocycles. The van der Waals surface area contributed by atoms with Gasteiger partial charge in [0.1, 0.15) is 0 Å². The zero-order chi connectivity index (χ0) is 2.71. The van der Waals surface area contributed by atoms with Crippen LogP contribution in [0.2, 0.25) is 0 Å². The Balaban J connectivity index is 0. The van der Waals surface area contributed by atoms with Crippen LogP contribution in [0.4, 0.5) is 0 Å². The summed E-state index contributed by atoms with van der Waals surface area (Å²) in [4.78, 5) is 0. The molecule has 0 heterocycles. The second-order valence-corrected chi connectivity index (χ2v) is 0.433. The summed E-state index contributed by atoms with van der Waals surface area (Å²) in [6, 6.07) is 0. The van der Waals surface area contributed by atoms with E-state index in [9.17, 15) is 0 Å². The van der Waals surface area contributed by atoms with Gasteiger partial charge in [-0.3, -0.25) is 0 Å². The van der Waals surface area contributed by atoms with Gasteiger partial charge in [0.25, 0.3) is 0 Å². The molecular weight excluding hydrogens is 132 g/mol. The first-order chi connectivity index (χ1) is 1.41. The molecule has 4 heteroatoms. The summed E-state index contributed by atoms with van der Waals surface area (Å²) >= 11 is -2.00. The van der Waals surface area contributed by atoms with Crippen LogP contribution in [0, 0.1) is 0 Å². The number of hydrogen-bond donors (Lipinski definition) is 0. The Kier molecular flexibility index (Phi) is 20.7. The van der Waals surface area contributed by atoms with Gasteiger partial charge in [0, 0.05) is 0 Å².